The van der Waals surface area contributed by atoms with E-state index in [4.69, 9.17) is 5.11 Å². The molecule has 0 radical (unpaired) electrons. The number of aromatic nitrogens is 1. The van der Waals surface area contributed by atoms with Crippen LogP contribution in [0.1, 0.15) is 31.7 Å². The van der Waals surface area contributed by atoms with Crippen molar-refractivity contribution in [2.75, 3.05) is 0 Å². The van der Waals surface area contributed by atoms with Crippen molar-refractivity contribution in [2.24, 2.45) is 7.05 Å². The predicted octanol–water partition coefficient (Wildman–Crippen LogP) is 2.48. The zero-order valence-corrected chi connectivity index (χ0v) is 13.0. The summed E-state index contributed by atoms with van der Waals surface area (Å²) in [5.74, 6) is -1.19. The molecule has 2 N–H and O–H groups in total. The lowest BCUT2D eigenvalue weighted by molar-refractivity contribution is -0.142. The summed E-state index contributed by atoms with van der Waals surface area (Å²) in [6.07, 6.45) is 4.10. The number of amides is 1. The van der Waals surface area contributed by atoms with Crippen LogP contribution in [-0.4, -0.2) is 27.6 Å². The minimum absolute atomic E-state index is 0.214. The molecular weight excluding hydrogens is 280 g/mol. The van der Waals surface area contributed by atoms with Crippen LogP contribution in [0.15, 0.2) is 30.5 Å². The van der Waals surface area contributed by atoms with E-state index in [1.165, 1.54) is 0 Å². The summed E-state index contributed by atoms with van der Waals surface area (Å²) >= 11 is 0. The Morgan fingerprint density at radius 2 is 2.05 bits per heavy atom. The number of benzene rings is 1. The van der Waals surface area contributed by atoms with Crippen LogP contribution in [0.3, 0.4) is 0 Å². The molecule has 2 rings (SSSR count). The zero-order valence-electron chi connectivity index (χ0n) is 13.0. The van der Waals surface area contributed by atoms with Crippen molar-refractivity contribution < 1.29 is 14.7 Å². The normalized spacial score (nSPS) is 12.3. The number of nitrogens with zero attached hydrogens (tertiary/aromatic N) is 1. The average Bonchev–Trinajstić information content (AvgIpc) is 2.82. The standard InChI is InChI=1S/C17H22N2O3/c1-3-6-14(17(21)22)18-16(20)10-9-12-11-19(2)15-8-5-4-7-13(12)15/h4-5,7-8,11,14H,3,6,9-10H2,1-2H3,(H,18,20)(H,21,22). The van der Waals surface area contributed by atoms with Crippen LogP contribution in [0.5, 0.6) is 0 Å². The molecule has 0 bridgehead atoms. The largest absolute Gasteiger partial charge is 0.480 e. The minimum atomic E-state index is -0.972. The molecule has 0 fully saturated rings. The molecule has 1 heterocycles. The fourth-order valence-electron chi connectivity index (χ4n) is 2.69. The molecule has 1 aromatic heterocycles. The predicted molar refractivity (Wildman–Crippen MR) is 85.7 cm³/mol. The van der Waals surface area contributed by atoms with Crippen molar-refractivity contribution >= 4 is 22.8 Å². The maximum Gasteiger partial charge on any atom is 0.326 e. The van der Waals surface area contributed by atoms with Crippen LogP contribution in [0.4, 0.5) is 0 Å². The first-order valence-corrected chi connectivity index (χ1v) is 7.58. The van der Waals surface area contributed by atoms with Crippen molar-refractivity contribution in [3.63, 3.8) is 0 Å². The molecule has 1 aromatic carbocycles. The van der Waals surface area contributed by atoms with Gasteiger partial charge in [0.25, 0.3) is 0 Å². The number of carbonyl (C=O) groups excluding carboxylic acids is 1. The van der Waals surface area contributed by atoms with Crippen molar-refractivity contribution in [1.29, 1.82) is 0 Å². The van der Waals surface area contributed by atoms with E-state index >= 15 is 0 Å². The lowest BCUT2D eigenvalue weighted by Crippen LogP contribution is -2.40. The summed E-state index contributed by atoms with van der Waals surface area (Å²) in [5, 5.41) is 12.8. The number of hydrogen-bond acceptors (Lipinski definition) is 2. The number of para-hydroxylation sites is 1. The lowest BCUT2D eigenvalue weighted by Gasteiger charge is -2.13. The van der Waals surface area contributed by atoms with Crippen molar-refractivity contribution in [3.05, 3.63) is 36.0 Å². The number of aryl methyl sites for hydroxylation is 2. The van der Waals surface area contributed by atoms with Gasteiger partial charge in [-0.2, -0.15) is 0 Å². The molecule has 0 saturated heterocycles. The minimum Gasteiger partial charge on any atom is -0.480 e. The van der Waals surface area contributed by atoms with E-state index in [2.05, 4.69) is 5.32 Å². The third-order valence-corrected chi connectivity index (χ3v) is 3.81. The topological polar surface area (TPSA) is 71.3 Å². The quantitative estimate of drug-likeness (QED) is 0.825. The smallest absolute Gasteiger partial charge is 0.326 e. The fraction of sp³-hybridized carbons (Fsp3) is 0.412. The van der Waals surface area contributed by atoms with Crippen LogP contribution in [0.2, 0.25) is 0 Å². The molecule has 0 spiro atoms. The second kappa shape index (κ2) is 7.11. The molecule has 118 valence electrons. The number of carboxylic acids is 1. The third-order valence-electron chi connectivity index (χ3n) is 3.81. The van der Waals surface area contributed by atoms with Gasteiger partial charge in [-0.1, -0.05) is 31.5 Å². The van der Waals surface area contributed by atoms with Gasteiger partial charge in [0.1, 0.15) is 6.04 Å². The Morgan fingerprint density at radius 1 is 1.32 bits per heavy atom. The van der Waals surface area contributed by atoms with Gasteiger partial charge in [0, 0.05) is 30.6 Å². The Balaban J connectivity index is 1.99. The Kier molecular flexibility index (Phi) is 5.20. The first kappa shape index (κ1) is 16.1. The monoisotopic (exact) mass is 302 g/mol. The molecule has 5 heteroatoms. The van der Waals surface area contributed by atoms with E-state index < -0.39 is 12.0 Å². The highest BCUT2D eigenvalue weighted by molar-refractivity contribution is 5.86. The maximum atomic E-state index is 12.0. The summed E-state index contributed by atoms with van der Waals surface area (Å²) < 4.78 is 2.04. The highest BCUT2D eigenvalue weighted by Crippen LogP contribution is 2.21. The molecule has 2 aromatic rings. The number of rotatable bonds is 7. The van der Waals surface area contributed by atoms with Crippen LogP contribution in [0.25, 0.3) is 10.9 Å². The van der Waals surface area contributed by atoms with Gasteiger partial charge in [-0.25, -0.2) is 4.79 Å². The van der Waals surface area contributed by atoms with Crippen LogP contribution >= 0.6 is 0 Å². The van der Waals surface area contributed by atoms with Crippen molar-refractivity contribution in [2.45, 2.75) is 38.6 Å². The molecule has 0 aliphatic carbocycles. The van der Waals surface area contributed by atoms with E-state index in [1.54, 1.807) is 0 Å². The van der Waals surface area contributed by atoms with Crippen LogP contribution < -0.4 is 5.32 Å². The summed E-state index contributed by atoms with van der Waals surface area (Å²) in [5.41, 5.74) is 2.24. The number of carbonyl (C=O) groups is 2. The number of carboxylic acid groups (broad SMARTS) is 1. The van der Waals surface area contributed by atoms with Crippen molar-refractivity contribution in [3.8, 4) is 0 Å². The summed E-state index contributed by atoms with van der Waals surface area (Å²) in [6, 6.07) is 7.26. The van der Waals surface area contributed by atoms with Gasteiger partial charge in [-0.15, -0.1) is 0 Å². The van der Waals surface area contributed by atoms with E-state index in [9.17, 15) is 9.59 Å². The van der Waals surface area contributed by atoms with Gasteiger partial charge < -0.3 is 15.0 Å². The first-order valence-electron chi connectivity index (χ1n) is 7.58. The van der Waals surface area contributed by atoms with Crippen LogP contribution in [-0.2, 0) is 23.1 Å². The van der Waals surface area contributed by atoms with E-state index in [0.29, 0.717) is 19.3 Å². The molecule has 1 atom stereocenters. The molecule has 0 aliphatic rings. The molecule has 1 unspecified atom stereocenters. The van der Waals surface area contributed by atoms with Gasteiger partial charge in [-0.05, 0) is 24.5 Å². The molecule has 1 amide bonds. The van der Waals surface area contributed by atoms with E-state index in [1.807, 2.05) is 49.0 Å². The summed E-state index contributed by atoms with van der Waals surface area (Å²) in [7, 11) is 1.98. The van der Waals surface area contributed by atoms with E-state index in [-0.39, 0.29) is 5.91 Å². The van der Waals surface area contributed by atoms with Gasteiger partial charge in [0.2, 0.25) is 5.91 Å². The average molecular weight is 302 g/mol. The Labute approximate surface area is 129 Å². The Hall–Kier alpha value is -2.30. The highest BCUT2D eigenvalue weighted by Gasteiger charge is 2.18. The van der Waals surface area contributed by atoms with Gasteiger partial charge >= 0.3 is 5.97 Å². The Bertz CT molecular complexity index is 676. The van der Waals surface area contributed by atoms with E-state index in [0.717, 1.165) is 22.9 Å². The maximum absolute atomic E-state index is 12.0. The van der Waals surface area contributed by atoms with Crippen LogP contribution in [0, 0.1) is 0 Å². The molecule has 0 aliphatic heterocycles. The fourth-order valence-corrected chi connectivity index (χ4v) is 2.69. The number of fused-ring (bicyclic) bond motifs is 1. The number of hydrogen-bond donors (Lipinski definition) is 2. The SMILES string of the molecule is CCCC(NC(=O)CCc1cn(C)c2ccccc12)C(=O)O. The lowest BCUT2D eigenvalue weighted by atomic mass is 10.1. The molecule has 22 heavy (non-hydrogen) atoms. The van der Waals surface area contributed by atoms with Gasteiger partial charge in [0.15, 0.2) is 0 Å². The number of nitrogens with one attached hydrogen (secondary N) is 1. The highest BCUT2D eigenvalue weighted by atomic mass is 16.4. The van der Waals surface area contributed by atoms with Gasteiger partial charge in [0.05, 0.1) is 0 Å². The number of aliphatic carboxylic acids is 1. The summed E-state index contributed by atoms with van der Waals surface area (Å²) in [4.78, 5) is 23.0. The second-order valence-electron chi connectivity index (χ2n) is 5.53. The summed E-state index contributed by atoms with van der Waals surface area (Å²) in [6.45, 7) is 1.90. The first-order chi connectivity index (χ1) is 10.5. The molecule has 0 saturated carbocycles. The zero-order chi connectivity index (χ0) is 16.1. The van der Waals surface area contributed by atoms with Gasteiger partial charge in [-0.3, -0.25) is 4.79 Å². The van der Waals surface area contributed by atoms with Crippen molar-refractivity contribution in [1.82, 2.24) is 9.88 Å². The molecule has 5 nitrogen and oxygen atoms in total. The molecular formula is C17H22N2O3. The Morgan fingerprint density at radius 3 is 2.73 bits per heavy atom. The second-order valence-corrected chi connectivity index (χ2v) is 5.53. The third kappa shape index (κ3) is 3.67.